The number of anilines is 1. The van der Waals surface area contributed by atoms with E-state index in [1.165, 1.54) is 29.7 Å². The van der Waals surface area contributed by atoms with E-state index in [1.807, 2.05) is 0 Å². The van der Waals surface area contributed by atoms with Crippen LogP contribution < -0.4 is 5.32 Å². The summed E-state index contributed by atoms with van der Waals surface area (Å²) >= 11 is 1.19. The second kappa shape index (κ2) is 6.43. The number of hydrogen-bond donors (Lipinski definition) is 1. The number of amides is 1. The predicted molar refractivity (Wildman–Crippen MR) is 83.9 cm³/mol. The molecule has 25 heavy (non-hydrogen) atoms. The molecule has 1 fully saturated rings. The van der Waals surface area contributed by atoms with E-state index >= 15 is 0 Å². The van der Waals surface area contributed by atoms with E-state index < -0.39 is 34.5 Å². The summed E-state index contributed by atoms with van der Waals surface area (Å²) in [6, 6.07) is 4.00. The Morgan fingerprint density at radius 3 is 2.60 bits per heavy atom. The van der Waals surface area contributed by atoms with Gasteiger partial charge in [0.25, 0.3) is 0 Å². The summed E-state index contributed by atoms with van der Waals surface area (Å²) in [5.74, 6) is -1.06. The van der Waals surface area contributed by atoms with Gasteiger partial charge in [-0.2, -0.15) is 13.2 Å². The highest BCUT2D eigenvalue weighted by Crippen LogP contribution is 2.34. The number of nitro groups is 1. The molecule has 0 spiro atoms. The van der Waals surface area contributed by atoms with E-state index in [1.54, 1.807) is 0 Å². The van der Waals surface area contributed by atoms with Gasteiger partial charge in [0, 0.05) is 28.8 Å². The SMILES string of the molecule is O=C(Nc1ncc(Cc2ccc(C(F)(F)F)cc2)s1)C1CC1[N+](=O)[O-]. The molecular weight excluding hydrogens is 359 g/mol. The second-order valence-electron chi connectivity index (χ2n) is 5.69. The van der Waals surface area contributed by atoms with Crippen LogP contribution in [0.5, 0.6) is 0 Å². The number of carbonyl (C=O) groups excluding carboxylic acids is 1. The molecule has 2 atom stereocenters. The quantitative estimate of drug-likeness (QED) is 0.645. The lowest BCUT2D eigenvalue weighted by molar-refractivity contribution is -0.497. The fourth-order valence-electron chi connectivity index (χ4n) is 2.35. The number of nitrogens with zero attached hydrogens (tertiary/aromatic N) is 2. The van der Waals surface area contributed by atoms with E-state index in [2.05, 4.69) is 10.3 Å². The smallest absolute Gasteiger partial charge is 0.301 e. The average molecular weight is 371 g/mol. The lowest BCUT2D eigenvalue weighted by Crippen LogP contribution is -2.18. The molecule has 1 saturated carbocycles. The fourth-order valence-corrected chi connectivity index (χ4v) is 3.20. The highest BCUT2D eigenvalue weighted by molar-refractivity contribution is 7.15. The molecule has 1 amide bonds. The van der Waals surface area contributed by atoms with Gasteiger partial charge in [0.2, 0.25) is 11.9 Å². The molecule has 0 radical (unpaired) electrons. The van der Waals surface area contributed by atoms with Gasteiger partial charge >= 0.3 is 6.18 Å². The van der Waals surface area contributed by atoms with Crippen molar-refractivity contribution in [1.29, 1.82) is 0 Å². The molecule has 0 saturated heterocycles. The third-order valence-electron chi connectivity index (χ3n) is 3.81. The summed E-state index contributed by atoms with van der Waals surface area (Å²) in [5.41, 5.74) is -0.0246. The van der Waals surface area contributed by atoms with Crippen LogP contribution in [0.15, 0.2) is 30.5 Å². The van der Waals surface area contributed by atoms with E-state index in [4.69, 9.17) is 0 Å². The Kier molecular flexibility index (Phi) is 4.46. The summed E-state index contributed by atoms with van der Waals surface area (Å²) in [4.78, 5) is 26.7. The molecule has 10 heteroatoms. The third kappa shape index (κ3) is 4.13. The molecule has 132 valence electrons. The van der Waals surface area contributed by atoms with Gasteiger partial charge in [0.15, 0.2) is 5.13 Å². The predicted octanol–water partition coefficient (Wildman–Crippen LogP) is 3.36. The van der Waals surface area contributed by atoms with Gasteiger partial charge in [0.05, 0.1) is 5.56 Å². The molecule has 0 aliphatic heterocycles. The average Bonchev–Trinajstić information content (AvgIpc) is 3.23. The molecule has 1 aliphatic rings. The molecule has 2 unspecified atom stereocenters. The van der Waals surface area contributed by atoms with E-state index in [-0.39, 0.29) is 6.42 Å². The number of thiazole rings is 1. The highest BCUT2D eigenvalue weighted by Gasteiger charge is 2.53. The van der Waals surface area contributed by atoms with Gasteiger partial charge in [-0.3, -0.25) is 14.9 Å². The molecule has 0 bridgehead atoms. The molecule has 1 N–H and O–H groups in total. The Bertz CT molecular complexity index is 804. The normalized spacial score (nSPS) is 19.5. The van der Waals surface area contributed by atoms with Crippen LogP contribution in [0.2, 0.25) is 0 Å². The van der Waals surface area contributed by atoms with Crippen molar-refractivity contribution in [2.45, 2.75) is 25.1 Å². The number of aromatic nitrogens is 1. The van der Waals surface area contributed by atoms with Gasteiger partial charge in [-0.25, -0.2) is 4.98 Å². The van der Waals surface area contributed by atoms with Crippen molar-refractivity contribution in [3.05, 3.63) is 56.6 Å². The molecule has 2 aromatic rings. The highest BCUT2D eigenvalue weighted by atomic mass is 32.1. The second-order valence-corrected chi connectivity index (χ2v) is 6.80. The van der Waals surface area contributed by atoms with Crippen LogP contribution in [0, 0.1) is 16.0 Å². The standard InChI is InChI=1S/C15H12F3N3O3S/c16-15(17,18)9-3-1-8(2-4-9)5-10-7-19-14(25-10)20-13(22)11-6-12(11)21(23)24/h1-4,7,11-12H,5-6H2,(H,19,20,22). The monoisotopic (exact) mass is 371 g/mol. The largest absolute Gasteiger partial charge is 0.416 e. The van der Waals surface area contributed by atoms with Crippen molar-refractivity contribution in [2.24, 2.45) is 5.92 Å². The van der Waals surface area contributed by atoms with Crippen LogP contribution in [-0.4, -0.2) is 21.9 Å². The number of benzene rings is 1. The molecule has 3 rings (SSSR count). The Morgan fingerprint density at radius 1 is 1.36 bits per heavy atom. The minimum absolute atomic E-state index is 0.225. The van der Waals surface area contributed by atoms with Crippen molar-refractivity contribution in [3.8, 4) is 0 Å². The van der Waals surface area contributed by atoms with E-state index in [0.29, 0.717) is 17.1 Å². The number of carbonyl (C=O) groups is 1. The summed E-state index contributed by atoms with van der Waals surface area (Å²) in [6.07, 6.45) is -2.24. The van der Waals surface area contributed by atoms with Crippen LogP contribution in [0.3, 0.4) is 0 Å². The number of halogens is 3. The first-order valence-corrected chi connectivity index (χ1v) is 8.11. The van der Waals surface area contributed by atoms with Gasteiger partial charge in [-0.15, -0.1) is 11.3 Å². The number of hydrogen-bond acceptors (Lipinski definition) is 5. The first-order chi connectivity index (χ1) is 11.7. The maximum absolute atomic E-state index is 12.5. The van der Waals surface area contributed by atoms with Crippen LogP contribution >= 0.6 is 11.3 Å². The molecule has 1 aromatic carbocycles. The summed E-state index contributed by atoms with van der Waals surface area (Å²) < 4.78 is 37.6. The zero-order valence-corrected chi connectivity index (χ0v) is 13.4. The van der Waals surface area contributed by atoms with Crippen molar-refractivity contribution < 1.29 is 22.9 Å². The van der Waals surface area contributed by atoms with E-state index in [0.717, 1.165) is 17.0 Å². The van der Waals surface area contributed by atoms with Crippen LogP contribution in [0.1, 0.15) is 22.4 Å². The molecule has 6 nitrogen and oxygen atoms in total. The lowest BCUT2D eigenvalue weighted by Gasteiger charge is -2.06. The maximum atomic E-state index is 12.5. The van der Waals surface area contributed by atoms with Gasteiger partial charge < -0.3 is 5.32 Å². The fraction of sp³-hybridized carbons (Fsp3) is 0.333. The Balaban J connectivity index is 1.58. The van der Waals surface area contributed by atoms with Crippen LogP contribution in [0.25, 0.3) is 0 Å². The van der Waals surface area contributed by atoms with Gasteiger partial charge in [-0.05, 0) is 17.7 Å². The minimum Gasteiger partial charge on any atom is -0.301 e. The molecular formula is C15H12F3N3O3S. The summed E-state index contributed by atoms with van der Waals surface area (Å²) in [7, 11) is 0. The third-order valence-corrected chi connectivity index (χ3v) is 4.72. The molecule has 1 aliphatic carbocycles. The first kappa shape index (κ1) is 17.3. The Hall–Kier alpha value is -2.49. The Morgan fingerprint density at radius 2 is 2.04 bits per heavy atom. The van der Waals surface area contributed by atoms with E-state index in [9.17, 15) is 28.1 Å². The summed E-state index contributed by atoms with van der Waals surface area (Å²) in [6.45, 7) is 0. The maximum Gasteiger partial charge on any atom is 0.416 e. The van der Waals surface area contributed by atoms with Crippen molar-refractivity contribution in [2.75, 3.05) is 5.32 Å². The number of rotatable bonds is 5. The summed E-state index contributed by atoms with van der Waals surface area (Å²) in [5, 5.41) is 13.4. The zero-order chi connectivity index (χ0) is 18.2. The molecule has 1 aromatic heterocycles. The van der Waals surface area contributed by atoms with Crippen molar-refractivity contribution >= 4 is 22.4 Å². The Labute approximate surface area is 143 Å². The van der Waals surface area contributed by atoms with Gasteiger partial charge in [-0.1, -0.05) is 12.1 Å². The van der Waals surface area contributed by atoms with Crippen LogP contribution in [-0.2, 0) is 17.4 Å². The van der Waals surface area contributed by atoms with Crippen LogP contribution in [0.4, 0.5) is 18.3 Å². The first-order valence-electron chi connectivity index (χ1n) is 7.29. The van der Waals surface area contributed by atoms with Gasteiger partial charge in [0.1, 0.15) is 5.92 Å². The molecule has 1 heterocycles. The number of nitrogens with one attached hydrogen (secondary N) is 1. The topological polar surface area (TPSA) is 85.1 Å². The van der Waals surface area contributed by atoms with Crippen molar-refractivity contribution in [3.63, 3.8) is 0 Å². The number of alkyl halides is 3. The minimum atomic E-state index is -4.37. The zero-order valence-electron chi connectivity index (χ0n) is 12.6. The van der Waals surface area contributed by atoms with Crippen molar-refractivity contribution in [1.82, 2.24) is 4.98 Å². The lowest BCUT2D eigenvalue weighted by atomic mass is 10.1.